The lowest BCUT2D eigenvalue weighted by molar-refractivity contribution is 0.0529. The van der Waals surface area contributed by atoms with Crippen LogP contribution in [-0.2, 0) is 24.0 Å². The summed E-state index contributed by atoms with van der Waals surface area (Å²) in [6, 6.07) is 0. The number of nitrogens with one attached hydrogen (secondary N) is 3. The number of guanidine groups is 1. The number of ether oxygens (including phenoxy) is 1. The van der Waals surface area contributed by atoms with Crippen molar-refractivity contribution in [2.45, 2.75) is 64.9 Å². The lowest BCUT2D eigenvalue weighted by Crippen LogP contribution is -2.42. The molecule has 3 N–H and O–H groups in total. The summed E-state index contributed by atoms with van der Waals surface area (Å²) in [4.78, 5) is 22.1. The van der Waals surface area contributed by atoms with Crippen molar-refractivity contribution in [3.8, 4) is 0 Å². The molecule has 0 aromatic carbocycles. The molecule has 0 spiro atoms. The minimum atomic E-state index is -0.480. The highest BCUT2D eigenvalue weighted by Crippen LogP contribution is 2.27. The molecule has 1 aromatic heterocycles. The van der Waals surface area contributed by atoms with Gasteiger partial charge in [-0.05, 0) is 52.9 Å². The van der Waals surface area contributed by atoms with E-state index in [0.717, 1.165) is 31.8 Å². The van der Waals surface area contributed by atoms with Crippen molar-refractivity contribution in [3.05, 3.63) is 15.6 Å². The van der Waals surface area contributed by atoms with Gasteiger partial charge in [0.15, 0.2) is 5.96 Å². The Labute approximate surface area is 166 Å². The van der Waals surface area contributed by atoms with E-state index in [1.54, 1.807) is 7.05 Å². The second kappa shape index (κ2) is 10.5. The fourth-order valence-corrected chi connectivity index (χ4v) is 4.04. The van der Waals surface area contributed by atoms with E-state index in [1.165, 1.54) is 34.8 Å². The van der Waals surface area contributed by atoms with Crippen LogP contribution in [0.3, 0.4) is 0 Å². The third-order valence-corrected chi connectivity index (χ3v) is 5.28. The lowest BCUT2D eigenvalue weighted by Gasteiger charge is -2.19. The van der Waals surface area contributed by atoms with Crippen LogP contribution in [-0.4, -0.2) is 49.3 Å². The van der Waals surface area contributed by atoms with Crippen LogP contribution in [0.1, 0.15) is 55.6 Å². The molecule has 0 fully saturated rings. The Morgan fingerprint density at radius 2 is 1.85 bits per heavy atom. The molecule has 0 atom stereocenters. The highest BCUT2D eigenvalue weighted by molar-refractivity contribution is 7.11. The molecule has 1 heterocycles. The maximum atomic E-state index is 11.6. The van der Waals surface area contributed by atoms with Gasteiger partial charge >= 0.3 is 6.09 Å². The number of amides is 1. The number of hydrogen-bond acceptors (Lipinski definition) is 5. The van der Waals surface area contributed by atoms with Crippen LogP contribution in [0, 0.1) is 0 Å². The van der Waals surface area contributed by atoms with Gasteiger partial charge in [0.05, 0.1) is 10.7 Å². The standard InChI is InChI=1S/C19H33N5O2S/c1-19(2,3)26-18(25)23-13-12-22-17(20-4)21-11-7-10-16-24-14-8-5-6-9-15(14)27-16/h5-13H2,1-4H3,(H,23,25)(H2,20,21,22). The fraction of sp³-hybridized carbons (Fsp3) is 0.737. The van der Waals surface area contributed by atoms with E-state index < -0.39 is 11.7 Å². The van der Waals surface area contributed by atoms with E-state index in [1.807, 2.05) is 32.1 Å². The first kappa shape index (κ1) is 21.5. The molecule has 8 heteroatoms. The predicted molar refractivity (Wildman–Crippen MR) is 111 cm³/mol. The summed E-state index contributed by atoms with van der Waals surface area (Å²) in [6.45, 7) is 7.43. The van der Waals surface area contributed by atoms with Gasteiger partial charge in [-0.3, -0.25) is 4.99 Å². The molecule has 0 saturated carbocycles. The van der Waals surface area contributed by atoms with Crippen molar-refractivity contribution < 1.29 is 9.53 Å². The topological polar surface area (TPSA) is 87.6 Å². The van der Waals surface area contributed by atoms with E-state index in [2.05, 4.69) is 20.9 Å². The normalized spacial score (nSPS) is 14.4. The highest BCUT2D eigenvalue weighted by Gasteiger charge is 2.16. The van der Waals surface area contributed by atoms with E-state index in [4.69, 9.17) is 9.72 Å². The number of fused-ring (bicyclic) bond motifs is 1. The number of nitrogens with zero attached hydrogens (tertiary/aromatic N) is 2. The molecule has 2 rings (SSSR count). The summed E-state index contributed by atoms with van der Waals surface area (Å²) < 4.78 is 5.19. The van der Waals surface area contributed by atoms with Gasteiger partial charge in [0.2, 0.25) is 0 Å². The van der Waals surface area contributed by atoms with Crippen LogP contribution in [0.25, 0.3) is 0 Å². The van der Waals surface area contributed by atoms with Gasteiger partial charge in [0.25, 0.3) is 0 Å². The Morgan fingerprint density at radius 1 is 1.15 bits per heavy atom. The number of rotatable bonds is 7. The smallest absolute Gasteiger partial charge is 0.407 e. The molecule has 1 aliphatic rings. The van der Waals surface area contributed by atoms with Crippen molar-refractivity contribution in [1.29, 1.82) is 0 Å². The third-order valence-electron chi connectivity index (χ3n) is 4.06. The lowest BCUT2D eigenvalue weighted by atomic mass is 10.0. The summed E-state index contributed by atoms with van der Waals surface area (Å²) in [5, 5.41) is 10.5. The second-order valence-electron chi connectivity index (χ2n) is 7.64. The van der Waals surface area contributed by atoms with Gasteiger partial charge in [-0.15, -0.1) is 11.3 Å². The van der Waals surface area contributed by atoms with Crippen LogP contribution >= 0.6 is 11.3 Å². The molecule has 27 heavy (non-hydrogen) atoms. The Hall–Kier alpha value is -1.83. The van der Waals surface area contributed by atoms with E-state index in [-0.39, 0.29) is 0 Å². The minimum Gasteiger partial charge on any atom is -0.444 e. The number of aryl methyl sites for hydroxylation is 3. The van der Waals surface area contributed by atoms with Crippen LogP contribution in [0.4, 0.5) is 4.79 Å². The van der Waals surface area contributed by atoms with E-state index in [9.17, 15) is 4.79 Å². The van der Waals surface area contributed by atoms with Gasteiger partial charge in [0.1, 0.15) is 5.60 Å². The number of aromatic nitrogens is 1. The number of aliphatic imine (C=N–C) groups is 1. The fourth-order valence-electron chi connectivity index (χ4n) is 2.84. The van der Waals surface area contributed by atoms with Crippen LogP contribution in [0.15, 0.2) is 4.99 Å². The first-order valence-electron chi connectivity index (χ1n) is 9.76. The van der Waals surface area contributed by atoms with Crippen molar-refractivity contribution in [1.82, 2.24) is 20.9 Å². The average Bonchev–Trinajstić information content (AvgIpc) is 3.01. The summed E-state index contributed by atoms with van der Waals surface area (Å²) >= 11 is 1.89. The highest BCUT2D eigenvalue weighted by atomic mass is 32.1. The molecule has 7 nitrogen and oxygen atoms in total. The van der Waals surface area contributed by atoms with Gasteiger partial charge < -0.3 is 20.7 Å². The molecule has 0 unspecified atom stereocenters. The number of alkyl carbamates (subject to hydrolysis) is 1. The van der Waals surface area contributed by atoms with Crippen LogP contribution < -0.4 is 16.0 Å². The molecule has 1 aromatic rings. The average molecular weight is 396 g/mol. The van der Waals surface area contributed by atoms with Crippen LogP contribution in [0.2, 0.25) is 0 Å². The Balaban J connectivity index is 1.57. The monoisotopic (exact) mass is 395 g/mol. The number of carbonyl (C=O) groups excluding carboxylic acids is 1. The van der Waals surface area contributed by atoms with Crippen molar-refractivity contribution in [2.24, 2.45) is 4.99 Å². The zero-order valence-corrected chi connectivity index (χ0v) is 17.8. The zero-order valence-electron chi connectivity index (χ0n) is 17.0. The number of carbonyl (C=O) groups is 1. The van der Waals surface area contributed by atoms with Crippen LogP contribution in [0.5, 0.6) is 0 Å². The zero-order chi connectivity index (χ0) is 19.7. The first-order chi connectivity index (χ1) is 12.9. The summed E-state index contributed by atoms with van der Waals surface area (Å²) in [6.07, 6.45) is 6.56. The molecule has 0 saturated heterocycles. The maximum Gasteiger partial charge on any atom is 0.407 e. The number of thiazole rings is 1. The Bertz CT molecular complexity index is 613. The predicted octanol–water partition coefficient (Wildman–Crippen LogP) is 2.64. The van der Waals surface area contributed by atoms with E-state index in [0.29, 0.717) is 13.1 Å². The molecule has 1 aliphatic carbocycles. The van der Waals surface area contributed by atoms with Gasteiger partial charge in [-0.2, -0.15) is 0 Å². The molecule has 152 valence electrons. The molecule has 0 bridgehead atoms. The SMILES string of the molecule is CN=C(NCCCc1nc2c(s1)CCCC2)NCCNC(=O)OC(C)(C)C. The minimum absolute atomic E-state index is 0.404. The Kier molecular flexibility index (Phi) is 8.34. The molecule has 1 amide bonds. The van der Waals surface area contributed by atoms with Crippen molar-refractivity contribution >= 4 is 23.4 Å². The summed E-state index contributed by atoms with van der Waals surface area (Å²) in [5.74, 6) is 0.736. The first-order valence-corrected chi connectivity index (χ1v) is 10.6. The molecular weight excluding hydrogens is 362 g/mol. The van der Waals surface area contributed by atoms with Crippen molar-refractivity contribution in [2.75, 3.05) is 26.7 Å². The second-order valence-corrected chi connectivity index (χ2v) is 8.81. The van der Waals surface area contributed by atoms with Gasteiger partial charge in [-0.1, -0.05) is 0 Å². The molecular formula is C19H33N5O2S. The third kappa shape index (κ3) is 8.15. The van der Waals surface area contributed by atoms with E-state index >= 15 is 0 Å². The summed E-state index contributed by atoms with van der Waals surface area (Å²) in [7, 11) is 1.74. The Morgan fingerprint density at radius 3 is 2.56 bits per heavy atom. The largest absolute Gasteiger partial charge is 0.444 e. The quantitative estimate of drug-likeness (QED) is 0.375. The number of hydrogen-bond donors (Lipinski definition) is 3. The van der Waals surface area contributed by atoms with Gasteiger partial charge in [0, 0.05) is 38.0 Å². The van der Waals surface area contributed by atoms with Gasteiger partial charge in [-0.25, -0.2) is 9.78 Å². The maximum absolute atomic E-state index is 11.6. The molecule has 0 radical (unpaired) electrons. The molecule has 0 aliphatic heterocycles. The summed E-state index contributed by atoms with van der Waals surface area (Å²) in [5.41, 5.74) is 0.857. The van der Waals surface area contributed by atoms with Crippen molar-refractivity contribution in [3.63, 3.8) is 0 Å².